The number of aliphatic hydroxyl groups is 1. The number of hydrogen-bond donors (Lipinski definition) is 2. The minimum absolute atomic E-state index is 0.111. The van der Waals surface area contributed by atoms with Gasteiger partial charge in [0.1, 0.15) is 5.82 Å². The lowest BCUT2D eigenvalue weighted by atomic mass is 9.90. The van der Waals surface area contributed by atoms with Gasteiger partial charge in [-0.05, 0) is 44.4 Å². The maximum Gasteiger partial charge on any atom is 0.338 e. The van der Waals surface area contributed by atoms with Gasteiger partial charge in [0.25, 0.3) is 0 Å². The Balaban J connectivity index is 1.34. The van der Waals surface area contributed by atoms with Crippen molar-refractivity contribution in [3.05, 3.63) is 36.0 Å². The number of rotatable bonds is 7. The molecule has 2 saturated heterocycles. The third kappa shape index (κ3) is 4.02. The van der Waals surface area contributed by atoms with E-state index in [-0.39, 0.29) is 30.1 Å². The van der Waals surface area contributed by atoms with Crippen LogP contribution in [-0.2, 0) is 9.53 Å². The summed E-state index contributed by atoms with van der Waals surface area (Å²) in [4.78, 5) is 38.2. The first-order valence-corrected chi connectivity index (χ1v) is 12.5. The van der Waals surface area contributed by atoms with Crippen molar-refractivity contribution < 1.29 is 19.4 Å². The Morgan fingerprint density at radius 2 is 2.08 bits per heavy atom. The largest absolute Gasteiger partial charge is 0.462 e. The van der Waals surface area contributed by atoms with E-state index in [0.717, 1.165) is 24.2 Å². The molecular formula is C25H29N7O4. The monoisotopic (exact) mass is 491 g/mol. The summed E-state index contributed by atoms with van der Waals surface area (Å²) in [6.07, 6.45) is 4.31. The fourth-order valence-electron chi connectivity index (χ4n) is 5.14. The molecule has 1 saturated carbocycles. The quantitative estimate of drug-likeness (QED) is 0.475. The first-order chi connectivity index (χ1) is 17.5. The molecule has 0 unspecified atom stereocenters. The normalized spacial score (nSPS) is 22.0. The molecule has 36 heavy (non-hydrogen) atoms. The molecule has 0 spiro atoms. The van der Waals surface area contributed by atoms with Gasteiger partial charge in [-0.1, -0.05) is 6.07 Å². The Kier molecular flexibility index (Phi) is 5.71. The Bertz CT molecular complexity index is 1310. The third-order valence-corrected chi connectivity index (χ3v) is 7.17. The number of aliphatic hydroxyl groups excluding tert-OH is 1. The average Bonchev–Trinajstić information content (AvgIpc) is 3.44. The second-order valence-electron chi connectivity index (χ2n) is 9.65. The predicted octanol–water partition coefficient (Wildman–Crippen LogP) is 1.74. The highest BCUT2D eigenvalue weighted by Crippen LogP contribution is 2.33. The van der Waals surface area contributed by atoms with Crippen LogP contribution in [0.2, 0.25) is 0 Å². The van der Waals surface area contributed by atoms with Crippen molar-refractivity contribution in [2.24, 2.45) is 0 Å². The zero-order valence-corrected chi connectivity index (χ0v) is 20.1. The van der Waals surface area contributed by atoms with Crippen LogP contribution in [0.3, 0.4) is 0 Å². The van der Waals surface area contributed by atoms with E-state index >= 15 is 0 Å². The number of ether oxygens (including phenoxy) is 1. The first kappa shape index (κ1) is 22.7. The molecule has 0 bridgehead atoms. The number of anilines is 2. The second-order valence-corrected chi connectivity index (χ2v) is 9.65. The molecule has 3 aromatic rings. The number of esters is 1. The first-order valence-electron chi connectivity index (χ1n) is 12.5. The van der Waals surface area contributed by atoms with E-state index in [9.17, 15) is 14.7 Å². The molecule has 3 aliphatic rings. The minimum Gasteiger partial charge on any atom is -0.462 e. The van der Waals surface area contributed by atoms with Crippen LogP contribution in [0.15, 0.2) is 30.5 Å². The summed E-state index contributed by atoms with van der Waals surface area (Å²) in [5.74, 6) is 1.07. The van der Waals surface area contributed by atoms with Gasteiger partial charge < -0.3 is 25.0 Å². The van der Waals surface area contributed by atoms with Crippen LogP contribution < -0.4 is 10.2 Å². The van der Waals surface area contributed by atoms with Crippen molar-refractivity contribution in [2.45, 2.75) is 50.8 Å². The Morgan fingerprint density at radius 3 is 2.81 bits per heavy atom. The summed E-state index contributed by atoms with van der Waals surface area (Å²) in [6, 6.07) is 7.41. The lowest BCUT2D eigenvalue weighted by molar-refractivity contribution is -0.130. The summed E-state index contributed by atoms with van der Waals surface area (Å²) in [5.41, 5.74) is 1.74. The average molecular weight is 492 g/mol. The minimum atomic E-state index is -0.389. The summed E-state index contributed by atoms with van der Waals surface area (Å²) in [6.45, 7) is 4.32. The molecule has 188 valence electrons. The number of amides is 1. The van der Waals surface area contributed by atoms with E-state index in [0.29, 0.717) is 61.8 Å². The summed E-state index contributed by atoms with van der Waals surface area (Å²) >= 11 is 0. The number of fused-ring (bicyclic) bond motifs is 1. The van der Waals surface area contributed by atoms with Gasteiger partial charge in [0.15, 0.2) is 5.65 Å². The molecule has 2 N–H and O–H groups in total. The summed E-state index contributed by atoms with van der Waals surface area (Å²) < 4.78 is 6.85. The van der Waals surface area contributed by atoms with Crippen LogP contribution >= 0.6 is 0 Å². The van der Waals surface area contributed by atoms with E-state index < -0.39 is 0 Å². The molecule has 2 aromatic heterocycles. The molecule has 11 nitrogen and oxygen atoms in total. The number of benzene rings is 1. The van der Waals surface area contributed by atoms with Crippen LogP contribution in [0.25, 0.3) is 16.7 Å². The standard InChI is InChI=1S/C25H29N7O4/c1-2-36-24(35)15-5-3-6-17(9-15)32-23-20(12-26-32)22(28-25(29-23)27-16-10-19(33)11-16)30-13-18(14-30)31-8-4-7-21(31)34/h3,5-6,9,12,16,18-19,33H,2,4,7-8,10-11,13-14H2,1H3,(H,27,28,29). The molecule has 1 aromatic carbocycles. The van der Waals surface area contributed by atoms with Crippen LogP contribution in [-0.4, -0.2) is 86.1 Å². The van der Waals surface area contributed by atoms with Crippen molar-refractivity contribution in [2.75, 3.05) is 36.5 Å². The predicted molar refractivity (Wildman–Crippen MR) is 132 cm³/mol. The second kappa shape index (κ2) is 9.05. The molecule has 3 fully saturated rings. The van der Waals surface area contributed by atoms with Crippen molar-refractivity contribution in [1.82, 2.24) is 24.6 Å². The van der Waals surface area contributed by atoms with E-state index in [1.165, 1.54) is 0 Å². The van der Waals surface area contributed by atoms with Gasteiger partial charge in [-0.15, -0.1) is 0 Å². The van der Waals surface area contributed by atoms with Gasteiger partial charge in [0.05, 0.1) is 41.6 Å². The summed E-state index contributed by atoms with van der Waals surface area (Å²) in [7, 11) is 0. The Hall–Kier alpha value is -3.73. The fraction of sp³-hybridized carbons (Fsp3) is 0.480. The van der Waals surface area contributed by atoms with Gasteiger partial charge in [0, 0.05) is 32.1 Å². The van der Waals surface area contributed by atoms with E-state index in [1.807, 2.05) is 11.0 Å². The lowest BCUT2D eigenvalue weighted by Gasteiger charge is -2.44. The van der Waals surface area contributed by atoms with Crippen LogP contribution in [0.4, 0.5) is 11.8 Å². The van der Waals surface area contributed by atoms with Crippen molar-refractivity contribution in [3.8, 4) is 5.69 Å². The highest BCUT2D eigenvalue weighted by molar-refractivity contribution is 5.92. The van der Waals surface area contributed by atoms with E-state index in [4.69, 9.17) is 14.7 Å². The van der Waals surface area contributed by atoms with Crippen LogP contribution in [0, 0.1) is 0 Å². The van der Waals surface area contributed by atoms with Gasteiger partial charge >= 0.3 is 5.97 Å². The highest BCUT2D eigenvalue weighted by atomic mass is 16.5. The number of aromatic nitrogens is 4. The van der Waals surface area contributed by atoms with Gasteiger partial charge in [-0.25, -0.2) is 9.48 Å². The molecule has 4 heterocycles. The molecule has 2 aliphatic heterocycles. The molecule has 1 amide bonds. The smallest absolute Gasteiger partial charge is 0.338 e. The van der Waals surface area contributed by atoms with Crippen molar-refractivity contribution >= 4 is 34.7 Å². The highest BCUT2D eigenvalue weighted by Gasteiger charge is 2.38. The topological polar surface area (TPSA) is 126 Å². The van der Waals surface area contributed by atoms with E-state index in [2.05, 4.69) is 15.3 Å². The molecule has 0 radical (unpaired) electrons. The maximum absolute atomic E-state index is 12.3. The number of carbonyl (C=O) groups excluding carboxylic acids is 2. The third-order valence-electron chi connectivity index (χ3n) is 7.17. The molecule has 0 atom stereocenters. The zero-order chi connectivity index (χ0) is 24.8. The lowest BCUT2D eigenvalue weighted by Crippen LogP contribution is -2.60. The van der Waals surface area contributed by atoms with Gasteiger partial charge in [-0.2, -0.15) is 15.1 Å². The van der Waals surface area contributed by atoms with Crippen molar-refractivity contribution in [3.63, 3.8) is 0 Å². The molecular weight excluding hydrogens is 462 g/mol. The van der Waals surface area contributed by atoms with Crippen LogP contribution in [0.5, 0.6) is 0 Å². The maximum atomic E-state index is 12.3. The molecule has 11 heteroatoms. The number of nitrogens with one attached hydrogen (secondary N) is 1. The molecule has 1 aliphatic carbocycles. The zero-order valence-electron chi connectivity index (χ0n) is 20.1. The number of hydrogen-bond acceptors (Lipinski definition) is 9. The number of nitrogens with zero attached hydrogens (tertiary/aromatic N) is 6. The van der Waals surface area contributed by atoms with E-state index in [1.54, 1.807) is 36.0 Å². The van der Waals surface area contributed by atoms with Crippen LogP contribution in [0.1, 0.15) is 43.0 Å². The Morgan fingerprint density at radius 1 is 1.25 bits per heavy atom. The fourth-order valence-corrected chi connectivity index (χ4v) is 5.14. The van der Waals surface area contributed by atoms with Crippen molar-refractivity contribution in [1.29, 1.82) is 0 Å². The van der Waals surface area contributed by atoms with Gasteiger partial charge in [-0.3, -0.25) is 4.79 Å². The Labute approximate surface area is 208 Å². The summed E-state index contributed by atoms with van der Waals surface area (Å²) in [5, 5.41) is 18.4. The number of likely N-dealkylation sites (tertiary alicyclic amines) is 1. The number of carbonyl (C=O) groups is 2. The SMILES string of the molecule is CCOC(=O)c1cccc(-n2ncc3c(N4CC(N5CCCC5=O)C4)nc(NC4CC(O)C4)nc32)c1. The molecule has 6 rings (SSSR count). The van der Waals surface area contributed by atoms with Gasteiger partial charge in [0.2, 0.25) is 11.9 Å².